The predicted octanol–water partition coefficient (Wildman–Crippen LogP) is 3.21. The summed E-state index contributed by atoms with van der Waals surface area (Å²) in [5.41, 5.74) is 6.50. The van der Waals surface area contributed by atoms with Gasteiger partial charge in [-0.05, 0) is 30.5 Å². The third kappa shape index (κ3) is 2.64. The smallest absolute Gasteiger partial charge is 0.142 e. The van der Waals surface area contributed by atoms with Gasteiger partial charge in [-0.2, -0.15) is 0 Å². The van der Waals surface area contributed by atoms with Gasteiger partial charge in [0.2, 0.25) is 0 Å². The molecule has 1 aliphatic rings. The fraction of sp³-hybridized carbons (Fsp3) is 0.455. The maximum atomic E-state index is 5.80. The van der Waals surface area contributed by atoms with Crippen LogP contribution in [0.2, 0.25) is 0 Å². The van der Waals surface area contributed by atoms with Crippen LogP contribution in [-0.4, -0.2) is 6.61 Å². The van der Waals surface area contributed by atoms with Crippen molar-refractivity contribution in [1.82, 2.24) is 0 Å². The fourth-order valence-electron chi connectivity index (χ4n) is 1.39. The second kappa shape index (κ2) is 4.22. The van der Waals surface area contributed by atoms with E-state index in [0.29, 0.717) is 5.69 Å². The lowest BCUT2D eigenvalue weighted by Gasteiger charge is -2.08. The van der Waals surface area contributed by atoms with Crippen LogP contribution in [0.25, 0.3) is 0 Å². The molecule has 2 rings (SSSR count). The summed E-state index contributed by atoms with van der Waals surface area (Å²) in [5, 5.41) is 0. The van der Waals surface area contributed by atoms with Gasteiger partial charge < -0.3 is 10.5 Å². The molecule has 0 saturated heterocycles. The van der Waals surface area contributed by atoms with E-state index in [0.717, 1.165) is 29.2 Å². The number of nitrogens with two attached hydrogens (primary N) is 1. The molecule has 14 heavy (non-hydrogen) atoms. The fourth-order valence-corrected chi connectivity index (χ4v) is 1.77. The van der Waals surface area contributed by atoms with Crippen LogP contribution in [0.1, 0.15) is 19.3 Å². The van der Waals surface area contributed by atoms with Crippen molar-refractivity contribution in [3.05, 3.63) is 22.7 Å². The summed E-state index contributed by atoms with van der Waals surface area (Å²) in [6, 6.07) is 5.72. The van der Waals surface area contributed by atoms with Crippen LogP contribution >= 0.6 is 15.9 Å². The van der Waals surface area contributed by atoms with E-state index >= 15 is 0 Å². The van der Waals surface area contributed by atoms with E-state index in [-0.39, 0.29) is 0 Å². The van der Waals surface area contributed by atoms with Gasteiger partial charge in [0.15, 0.2) is 0 Å². The molecule has 0 radical (unpaired) electrons. The van der Waals surface area contributed by atoms with E-state index in [1.165, 1.54) is 12.8 Å². The van der Waals surface area contributed by atoms with E-state index in [1.807, 2.05) is 18.2 Å². The van der Waals surface area contributed by atoms with Crippen LogP contribution in [0.5, 0.6) is 5.75 Å². The zero-order chi connectivity index (χ0) is 9.97. The molecule has 2 nitrogen and oxygen atoms in total. The Bertz CT molecular complexity index is 323. The number of halogens is 1. The molecule has 0 unspecified atom stereocenters. The minimum absolute atomic E-state index is 0.704. The largest absolute Gasteiger partial charge is 0.491 e. The van der Waals surface area contributed by atoms with Crippen LogP contribution in [0.4, 0.5) is 5.69 Å². The highest BCUT2D eigenvalue weighted by atomic mass is 79.9. The third-order valence-electron chi connectivity index (χ3n) is 2.45. The lowest BCUT2D eigenvalue weighted by Crippen LogP contribution is -2.00. The van der Waals surface area contributed by atoms with Gasteiger partial charge in [0, 0.05) is 4.47 Å². The van der Waals surface area contributed by atoms with Gasteiger partial charge in [0.25, 0.3) is 0 Å². The van der Waals surface area contributed by atoms with Crippen LogP contribution in [0, 0.1) is 5.92 Å². The standard InChI is InChI=1S/C11H14BrNO/c12-9-3-4-11(10(13)7-9)14-6-5-8-1-2-8/h3-4,7-8H,1-2,5-6,13H2. The number of ether oxygens (including phenoxy) is 1. The normalized spacial score (nSPS) is 15.5. The number of rotatable bonds is 4. The summed E-state index contributed by atoms with van der Waals surface area (Å²) in [7, 11) is 0. The minimum atomic E-state index is 0.704. The molecule has 1 aromatic rings. The molecule has 0 aromatic heterocycles. The Morgan fingerprint density at radius 1 is 1.43 bits per heavy atom. The molecule has 0 heterocycles. The lowest BCUT2D eigenvalue weighted by molar-refractivity contribution is 0.304. The molecule has 0 bridgehead atoms. The summed E-state index contributed by atoms with van der Waals surface area (Å²) < 4.78 is 6.59. The summed E-state index contributed by atoms with van der Waals surface area (Å²) in [4.78, 5) is 0. The topological polar surface area (TPSA) is 35.2 Å². The van der Waals surface area contributed by atoms with Gasteiger partial charge in [0.05, 0.1) is 12.3 Å². The molecule has 1 aliphatic carbocycles. The summed E-state index contributed by atoms with van der Waals surface area (Å²) in [6.07, 6.45) is 3.91. The Hall–Kier alpha value is -0.700. The minimum Gasteiger partial charge on any atom is -0.491 e. The number of hydrogen-bond acceptors (Lipinski definition) is 2. The molecule has 2 N–H and O–H groups in total. The number of nitrogen functional groups attached to an aromatic ring is 1. The maximum absolute atomic E-state index is 5.80. The van der Waals surface area contributed by atoms with Crippen LogP contribution < -0.4 is 10.5 Å². The predicted molar refractivity (Wildman–Crippen MR) is 61.4 cm³/mol. The molecule has 1 saturated carbocycles. The number of benzene rings is 1. The summed E-state index contributed by atoms with van der Waals surface area (Å²) >= 11 is 3.36. The Kier molecular flexibility index (Phi) is 2.96. The van der Waals surface area contributed by atoms with Crippen molar-refractivity contribution in [2.45, 2.75) is 19.3 Å². The first-order chi connectivity index (χ1) is 6.75. The van der Waals surface area contributed by atoms with Gasteiger partial charge in [-0.15, -0.1) is 0 Å². The second-order valence-corrected chi connectivity index (χ2v) is 4.68. The van der Waals surface area contributed by atoms with Crippen molar-refractivity contribution in [2.75, 3.05) is 12.3 Å². The van der Waals surface area contributed by atoms with E-state index in [9.17, 15) is 0 Å². The van der Waals surface area contributed by atoms with E-state index in [2.05, 4.69) is 15.9 Å². The zero-order valence-corrected chi connectivity index (χ0v) is 9.59. The van der Waals surface area contributed by atoms with Crippen LogP contribution in [0.3, 0.4) is 0 Å². The first-order valence-electron chi connectivity index (χ1n) is 4.93. The molecule has 3 heteroatoms. The van der Waals surface area contributed by atoms with Crippen LogP contribution in [-0.2, 0) is 0 Å². The van der Waals surface area contributed by atoms with Gasteiger partial charge in [0.1, 0.15) is 5.75 Å². The molecule has 0 aliphatic heterocycles. The monoisotopic (exact) mass is 255 g/mol. The van der Waals surface area contributed by atoms with E-state index < -0.39 is 0 Å². The molecule has 1 aromatic carbocycles. The highest BCUT2D eigenvalue weighted by Gasteiger charge is 2.20. The van der Waals surface area contributed by atoms with E-state index in [1.54, 1.807) is 0 Å². The Balaban J connectivity index is 1.87. The van der Waals surface area contributed by atoms with Crippen molar-refractivity contribution in [1.29, 1.82) is 0 Å². The van der Waals surface area contributed by atoms with Gasteiger partial charge in [-0.1, -0.05) is 28.8 Å². The average molecular weight is 256 g/mol. The molecule has 0 amide bonds. The maximum Gasteiger partial charge on any atom is 0.142 e. The Morgan fingerprint density at radius 2 is 2.21 bits per heavy atom. The molecular formula is C11H14BrNO. The SMILES string of the molecule is Nc1cc(Br)ccc1OCCC1CC1. The molecular weight excluding hydrogens is 242 g/mol. The first kappa shape index (κ1) is 9.84. The average Bonchev–Trinajstić information content (AvgIpc) is 2.92. The Labute approximate surface area is 92.6 Å². The van der Waals surface area contributed by atoms with Crippen molar-refractivity contribution in [3.63, 3.8) is 0 Å². The number of anilines is 1. The summed E-state index contributed by atoms with van der Waals surface area (Å²) in [6.45, 7) is 0.788. The highest BCUT2D eigenvalue weighted by molar-refractivity contribution is 9.10. The molecule has 0 atom stereocenters. The molecule has 0 spiro atoms. The summed E-state index contributed by atoms with van der Waals surface area (Å²) in [5.74, 6) is 1.71. The van der Waals surface area contributed by atoms with Crippen molar-refractivity contribution in [2.24, 2.45) is 5.92 Å². The van der Waals surface area contributed by atoms with Crippen LogP contribution in [0.15, 0.2) is 22.7 Å². The van der Waals surface area contributed by atoms with Gasteiger partial charge >= 0.3 is 0 Å². The van der Waals surface area contributed by atoms with Crippen molar-refractivity contribution >= 4 is 21.6 Å². The van der Waals surface area contributed by atoms with Gasteiger partial charge in [-0.25, -0.2) is 0 Å². The highest BCUT2D eigenvalue weighted by Crippen LogP contribution is 2.33. The Morgan fingerprint density at radius 3 is 2.86 bits per heavy atom. The second-order valence-electron chi connectivity index (χ2n) is 3.76. The number of hydrogen-bond donors (Lipinski definition) is 1. The molecule has 76 valence electrons. The van der Waals surface area contributed by atoms with Crippen molar-refractivity contribution in [3.8, 4) is 5.75 Å². The zero-order valence-electron chi connectivity index (χ0n) is 8.00. The van der Waals surface area contributed by atoms with Gasteiger partial charge in [-0.3, -0.25) is 0 Å². The van der Waals surface area contributed by atoms with Crippen molar-refractivity contribution < 1.29 is 4.74 Å². The third-order valence-corrected chi connectivity index (χ3v) is 2.95. The quantitative estimate of drug-likeness (QED) is 0.839. The van der Waals surface area contributed by atoms with E-state index in [4.69, 9.17) is 10.5 Å². The first-order valence-corrected chi connectivity index (χ1v) is 5.73. The molecule has 1 fully saturated rings. The lowest BCUT2D eigenvalue weighted by atomic mass is 10.3.